The van der Waals surface area contributed by atoms with Gasteiger partial charge in [0.05, 0.1) is 11.1 Å². The van der Waals surface area contributed by atoms with Crippen LogP contribution in [0.4, 0.5) is 20.2 Å². The fourth-order valence-corrected chi connectivity index (χ4v) is 5.19. The molecule has 6 nitrogen and oxygen atoms in total. The number of hydrogen-bond donors (Lipinski definition) is 3. The molecule has 1 aliphatic heterocycles. The molecule has 0 radical (unpaired) electrons. The van der Waals surface area contributed by atoms with Crippen molar-refractivity contribution in [2.24, 2.45) is 0 Å². The number of carbonyl (C=O) groups is 2. The zero-order valence-electron chi connectivity index (χ0n) is 24.0. The van der Waals surface area contributed by atoms with E-state index in [2.05, 4.69) is 20.9 Å². The Morgan fingerprint density at radius 2 is 1.46 bits per heavy atom. The molecule has 1 fully saturated rings. The molecule has 3 aromatic carbocycles. The Labute approximate surface area is 241 Å². The third kappa shape index (κ3) is 8.85. The zero-order chi connectivity index (χ0) is 29.2. The number of halogens is 2. The molecule has 2 amide bonds. The second-order valence-corrected chi connectivity index (χ2v) is 10.8. The molecule has 4 rings (SSSR count). The van der Waals surface area contributed by atoms with Crippen molar-refractivity contribution in [3.63, 3.8) is 0 Å². The summed E-state index contributed by atoms with van der Waals surface area (Å²) in [5.74, 6) is -2.05. The number of benzene rings is 3. The average Bonchev–Trinajstić information content (AvgIpc) is 2.95. The van der Waals surface area contributed by atoms with Gasteiger partial charge in [-0.25, -0.2) is 8.78 Å². The molecule has 0 aliphatic carbocycles. The molecule has 41 heavy (non-hydrogen) atoms. The maximum atomic E-state index is 14.6. The van der Waals surface area contributed by atoms with Crippen LogP contribution in [0, 0.1) is 25.5 Å². The lowest BCUT2D eigenvalue weighted by molar-refractivity contribution is 0.0940. The van der Waals surface area contributed by atoms with Gasteiger partial charge in [-0.15, -0.1) is 0 Å². The number of rotatable bonds is 12. The van der Waals surface area contributed by atoms with Gasteiger partial charge in [0.15, 0.2) is 0 Å². The first kappa shape index (κ1) is 30.2. The highest BCUT2D eigenvalue weighted by Crippen LogP contribution is 2.21. The monoisotopic (exact) mass is 562 g/mol. The minimum Gasteiger partial charge on any atom is -0.355 e. The van der Waals surface area contributed by atoms with Crippen LogP contribution in [-0.4, -0.2) is 49.4 Å². The van der Waals surface area contributed by atoms with Crippen molar-refractivity contribution < 1.29 is 18.4 Å². The van der Waals surface area contributed by atoms with Gasteiger partial charge >= 0.3 is 0 Å². The van der Waals surface area contributed by atoms with Crippen molar-refractivity contribution in [3.05, 3.63) is 94.0 Å². The molecule has 8 heteroatoms. The van der Waals surface area contributed by atoms with E-state index in [1.807, 2.05) is 31.2 Å². The molecule has 3 aromatic rings. The van der Waals surface area contributed by atoms with Crippen molar-refractivity contribution in [3.8, 4) is 0 Å². The van der Waals surface area contributed by atoms with Crippen molar-refractivity contribution in [1.82, 2.24) is 15.5 Å². The predicted molar refractivity (Wildman–Crippen MR) is 160 cm³/mol. The van der Waals surface area contributed by atoms with Crippen LogP contribution >= 0.6 is 0 Å². The molecule has 0 atom stereocenters. The number of likely N-dealkylation sites (tertiary alicyclic amines) is 1. The number of amides is 2. The molecule has 1 saturated heterocycles. The number of nitrogens with zero attached hydrogens (tertiary/aromatic N) is 1. The third-order valence-corrected chi connectivity index (χ3v) is 7.48. The summed E-state index contributed by atoms with van der Waals surface area (Å²) in [5, 5.41) is 8.83. The number of anilines is 2. The van der Waals surface area contributed by atoms with Crippen molar-refractivity contribution in [2.45, 2.75) is 52.4 Å². The number of piperidine rings is 1. The first-order chi connectivity index (χ1) is 19.8. The van der Waals surface area contributed by atoms with Gasteiger partial charge in [0, 0.05) is 24.5 Å². The molecule has 1 heterocycles. The first-order valence-corrected chi connectivity index (χ1v) is 14.5. The van der Waals surface area contributed by atoms with Crippen molar-refractivity contribution in [2.75, 3.05) is 38.0 Å². The molecular formula is C33H40F2N4O2. The molecule has 0 aromatic heterocycles. The maximum Gasteiger partial charge on any atom is 0.254 e. The Morgan fingerprint density at radius 1 is 0.780 bits per heavy atom. The van der Waals surface area contributed by atoms with Gasteiger partial charge < -0.3 is 20.9 Å². The highest BCUT2D eigenvalue weighted by Gasteiger charge is 2.16. The van der Waals surface area contributed by atoms with Crippen molar-refractivity contribution in [1.29, 1.82) is 0 Å². The lowest BCUT2D eigenvalue weighted by Gasteiger charge is -2.26. The topological polar surface area (TPSA) is 73.5 Å². The molecular weight excluding hydrogens is 522 g/mol. The van der Waals surface area contributed by atoms with Gasteiger partial charge in [0.25, 0.3) is 11.8 Å². The smallest absolute Gasteiger partial charge is 0.254 e. The Morgan fingerprint density at radius 3 is 2.20 bits per heavy atom. The summed E-state index contributed by atoms with van der Waals surface area (Å²) < 4.78 is 29.1. The Hall–Kier alpha value is -3.78. The summed E-state index contributed by atoms with van der Waals surface area (Å²) >= 11 is 0. The zero-order valence-corrected chi connectivity index (χ0v) is 24.0. The maximum absolute atomic E-state index is 14.6. The minimum atomic E-state index is -0.599. The fraction of sp³-hybridized carbons (Fsp3) is 0.394. The predicted octanol–water partition coefficient (Wildman–Crippen LogP) is 6.29. The average molecular weight is 563 g/mol. The minimum absolute atomic E-state index is 0.0348. The van der Waals surface area contributed by atoms with E-state index in [0.29, 0.717) is 31.6 Å². The molecule has 0 saturated carbocycles. The van der Waals surface area contributed by atoms with E-state index in [1.165, 1.54) is 37.5 Å². The number of aryl methyl sites for hydroxylation is 3. The summed E-state index contributed by atoms with van der Waals surface area (Å²) in [7, 11) is 0. The molecule has 1 aliphatic rings. The number of carbonyl (C=O) groups excluding carboxylic acids is 2. The Bertz CT molecular complexity index is 1360. The van der Waals surface area contributed by atoms with Crippen LogP contribution in [0.2, 0.25) is 0 Å². The van der Waals surface area contributed by atoms with E-state index in [0.717, 1.165) is 48.4 Å². The van der Waals surface area contributed by atoms with E-state index < -0.39 is 23.4 Å². The normalized spacial score (nSPS) is 13.6. The van der Waals surface area contributed by atoms with Crippen molar-refractivity contribution >= 4 is 23.2 Å². The van der Waals surface area contributed by atoms with Crippen LogP contribution in [0.25, 0.3) is 0 Å². The first-order valence-electron chi connectivity index (χ1n) is 14.5. The number of nitrogens with one attached hydrogen (secondary N) is 3. The summed E-state index contributed by atoms with van der Waals surface area (Å²) in [5.41, 5.74) is 4.13. The molecule has 0 bridgehead atoms. The molecule has 3 N–H and O–H groups in total. The van der Waals surface area contributed by atoms with E-state index in [9.17, 15) is 18.4 Å². The SMILES string of the molecule is Cc1cccc(Nc2ccc(F)c(C(=O)NCCCc3cc(C(=O)NCCCN4CCCCC4)c(F)cc3C)c2)c1. The Kier molecular flexibility index (Phi) is 10.8. The highest BCUT2D eigenvalue weighted by atomic mass is 19.1. The van der Waals surface area contributed by atoms with E-state index in [4.69, 9.17) is 0 Å². The van der Waals surface area contributed by atoms with Crippen LogP contribution < -0.4 is 16.0 Å². The van der Waals surface area contributed by atoms with Crippen LogP contribution in [0.15, 0.2) is 54.6 Å². The van der Waals surface area contributed by atoms with Gasteiger partial charge in [0.2, 0.25) is 0 Å². The van der Waals surface area contributed by atoms with E-state index >= 15 is 0 Å². The van der Waals surface area contributed by atoms with E-state index in [1.54, 1.807) is 19.1 Å². The lowest BCUT2D eigenvalue weighted by atomic mass is 9.99. The summed E-state index contributed by atoms with van der Waals surface area (Å²) in [6, 6.07) is 15.1. The second-order valence-electron chi connectivity index (χ2n) is 10.8. The summed E-state index contributed by atoms with van der Waals surface area (Å²) in [6.45, 7) is 7.75. The second kappa shape index (κ2) is 14.7. The highest BCUT2D eigenvalue weighted by molar-refractivity contribution is 5.96. The molecule has 0 unspecified atom stereocenters. The summed E-state index contributed by atoms with van der Waals surface area (Å²) in [4.78, 5) is 27.8. The lowest BCUT2D eigenvalue weighted by Crippen LogP contribution is -2.33. The van der Waals surface area contributed by atoms with Gasteiger partial charge in [0.1, 0.15) is 11.6 Å². The van der Waals surface area contributed by atoms with E-state index in [-0.39, 0.29) is 11.1 Å². The van der Waals surface area contributed by atoms with Gasteiger partial charge in [-0.05, 0) is 125 Å². The molecule has 218 valence electrons. The van der Waals surface area contributed by atoms with Crippen LogP contribution in [-0.2, 0) is 6.42 Å². The standard InChI is InChI=1S/C33H40F2N4O2/c1-23-9-6-11-26(19-23)38-27-12-13-30(34)29(22-27)33(41)36-14-7-10-25-21-28(31(35)20-24(25)2)32(40)37-15-8-18-39-16-4-3-5-17-39/h6,9,11-13,19-22,38H,3-5,7-8,10,14-18H2,1-2H3,(H,36,41)(H,37,40). The largest absolute Gasteiger partial charge is 0.355 e. The van der Waals surface area contributed by atoms with Crippen LogP contribution in [0.1, 0.15) is 69.5 Å². The van der Waals surface area contributed by atoms with Gasteiger partial charge in [-0.3, -0.25) is 9.59 Å². The van der Waals surface area contributed by atoms with Gasteiger partial charge in [-0.2, -0.15) is 0 Å². The Balaban J connectivity index is 1.26. The summed E-state index contributed by atoms with van der Waals surface area (Å²) in [6.07, 6.45) is 5.66. The van der Waals surface area contributed by atoms with Crippen LogP contribution in [0.3, 0.4) is 0 Å². The van der Waals surface area contributed by atoms with Crippen LogP contribution in [0.5, 0.6) is 0 Å². The fourth-order valence-electron chi connectivity index (χ4n) is 5.19. The van der Waals surface area contributed by atoms with Gasteiger partial charge in [-0.1, -0.05) is 18.6 Å². The number of hydrogen-bond acceptors (Lipinski definition) is 4. The third-order valence-electron chi connectivity index (χ3n) is 7.48. The molecule has 0 spiro atoms. The quantitative estimate of drug-likeness (QED) is 0.227.